The van der Waals surface area contributed by atoms with E-state index >= 15 is 0 Å². The van der Waals surface area contributed by atoms with Crippen LogP contribution in [0.15, 0.2) is 28.7 Å². The number of piperazine rings is 2. The third-order valence-corrected chi connectivity index (χ3v) is 10.7. The van der Waals surface area contributed by atoms with E-state index in [4.69, 9.17) is 0 Å². The van der Waals surface area contributed by atoms with Crippen molar-refractivity contribution < 1.29 is 49.6 Å². The number of halogens is 6. The molecule has 2 aromatic heterocycles. The van der Waals surface area contributed by atoms with Gasteiger partial charge < -0.3 is 15.3 Å². The second-order valence-electron chi connectivity index (χ2n) is 10.5. The summed E-state index contributed by atoms with van der Waals surface area (Å²) < 4.78 is 108. The number of nitrogens with one attached hydrogen (secondary N) is 1. The summed E-state index contributed by atoms with van der Waals surface area (Å²) in [4.78, 5) is 33.6. The number of amides is 1. The predicted octanol–water partition coefficient (Wildman–Crippen LogP) is 2.09. The van der Waals surface area contributed by atoms with Gasteiger partial charge in [-0.05, 0) is 23.3 Å². The van der Waals surface area contributed by atoms with Gasteiger partial charge in [0.25, 0.3) is 15.6 Å². The van der Waals surface area contributed by atoms with E-state index in [0.29, 0.717) is 17.9 Å². The van der Waals surface area contributed by atoms with Crippen LogP contribution < -0.4 is 10.2 Å². The summed E-state index contributed by atoms with van der Waals surface area (Å²) in [5.74, 6) is -0.795. The molecule has 2 N–H and O–H groups in total. The smallest absolute Gasteiger partial charge is 0.369 e. The highest BCUT2D eigenvalue weighted by Gasteiger charge is 2.71. The van der Waals surface area contributed by atoms with Crippen molar-refractivity contribution in [2.75, 3.05) is 44.2 Å². The van der Waals surface area contributed by atoms with E-state index in [-0.39, 0.29) is 67.1 Å². The highest BCUT2D eigenvalue weighted by molar-refractivity contribution is 7.91. The summed E-state index contributed by atoms with van der Waals surface area (Å²) in [7, 11) is -4.25. The van der Waals surface area contributed by atoms with Crippen molar-refractivity contribution in [3.8, 4) is 0 Å². The monoisotopic (exact) mass is 675 g/mol. The van der Waals surface area contributed by atoms with Gasteiger partial charge in [0.05, 0.1) is 17.0 Å². The van der Waals surface area contributed by atoms with Crippen LogP contribution in [0, 0.1) is 16.0 Å². The lowest BCUT2D eigenvalue weighted by molar-refractivity contribution is -0.380. The molecule has 2 aliphatic heterocycles. The SMILES string of the molecule is CC(C)C1C(=O)NCCN1C[C@H]1CN(S(=O)(=O)c2ccc([N+](=O)[O-])s2)CCN1c1ncc(C(O)(C(F)(F)F)C(F)(F)F)cn1. The summed E-state index contributed by atoms with van der Waals surface area (Å²) in [5.41, 5.74) is -6.90. The molecule has 44 heavy (non-hydrogen) atoms. The Labute approximate surface area is 250 Å². The molecule has 4 rings (SSSR count). The molecule has 4 heterocycles. The number of sulfonamides is 1. The number of carbonyl (C=O) groups excluding carboxylic acids is 1. The number of aliphatic hydroxyl groups is 1. The molecule has 1 amide bonds. The maximum Gasteiger partial charge on any atom is 0.430 e. The molecule has 13 nitrogen and oxygen atoms in total. The number of aromatic nitrogens is 2. The lowest BCUT2D eigenvalue weighted by Gasteiger charge is -2.45. The van der Waals surface area contributed by atoms with Crippen LogP contribution in [0.2, 0.25) is 0 Å². The fourth-order valence-electron chi connectivity index (χ4n) is 5.22. The summed E-state index contributed by atoms with van der Waals surface area (Å²) >= 11 is 0.450. The maximum atomic E-state index is 13.4. The molecule has 2 fully saturated rings. The summed E-state index contributed by atoms with van der Waals surface area (Å²) in [6, 6.07) is 0.640. The van der Waals surface area contributed by atoms with Crippen molar-refractivity contribution in [2.24, 2.45) is 5.92 Å². The summed E-state index contributed by atoms with van der Waals surface area (Å²) in [6.07, 6.45) is -11.9. The number of carbonyl (C=O) groups is 1. The van der Waals surface area contributed by atoms with Crippen LogP contribution in [-0.4, -0.2) is 107 Å². The zero-order chi connectivity index (χ0) is 32.8. The minimum atomic E-state index is -6.14. The molecule has 244 valence electrons. The minimum Gasteiger partial charge on any atom is -0.369 e. The van der Waals surface area contributed by atoms with Crippen LogP contribution in [0.1, 0.15) is 19.4 Å². The number of thiophene rings is 1. The minimum absolute atomic E-state index is 0.0209. The summed E-state index contributed by atoms with van der Waals surface area (Å²) in [5, 5.41) is 23.2. The molecule has 0 aliphatic carbocycles. The first kappa shape index (κ1) is 33.7. The van der Waals surface area contributed by atoms with Crippen molar-refractivity contribution in [1.29, 1.82) is 0 Å². The Hall–Kier alpha value is -3.14. The molecule has 1 unspecified atom stereocenters. The van der Waals surface area contributed by atoms with Crippen molar-refractivity contribution in [3.05, 3.63) is 40.2 Å². The van der Waals surface area contributed by atoms with E-state index in [2.05, 4.69) is 15.3 Å². The molecular weight excluding hydrogens is 648 g/mol. The van der Waals surface area contributed by atoms with E-state index in [1.54, 1.807) is 18.7 Å². The van der Waals surface area contributed by atoms with Gasteiger partial charge in [0.15, 0.2) is 0 Å². The molecule has 2 atom stereocenters. The first-order valence-corrected chi connectivity index (χ1v) is 15.3. The Balaban J connectivity index is 1.69. The van der Waals surface area contributed by atoms with Gasteiger partial charge in [0.1, 0.15) is 4.21 Å². The molecule has 0 saturated carbocycles. The van der Waals surface area contributed by atoms with Gasteiger partial charge >= 0.3 is 17.4 Å². The number of nitrogens with zero attached hydrogens (tertiary/aromatic N) is 6. The fraction of sp³-hybridized carbons (Fsp3) is 0.609. The van der Waals surface area contributed by atoms with Crippen LogP contribution in [0.3, 0.4) is 0 Å². The number of alkyl halides is 6. The summed E-state index contributed by atoms with van der Waals surface area (Å²) in [6.45, 7) is 3.55. The second kappa shape index (κ2) is 12.0. The fourth-order valence-corrected chi connectivity index (χ4v) is 7.95. The van der Waals surface area contributed by atoms with Crippen molar-refractivity contribution >= 4 is 38.2 Å². The second-order valence-corrected chi connectivity index (χ2v) is 13.7. The quantitative estimate of drug-likeness (QED) is 0.241. The highest BCUT2D eigenvalue weighted by Crippen LogP contribution is 2.49. The molecule has 0 bridgehead atoms. The number of anilines is 1. The number of rotatable bonds is 8. The van der Waals surface area contributed by atoms with Gasteiger partial charge in [-0.1, -0.05) is 13.8 Å². The third kappa shape index (κ3) is 6.19. The molecule has 2 aliphatic rings. The van der Waals surface area contributed by atoms with Crippen LogP contribution in [0.4, 0.5) is 37.3 Å². The maximum absolute atomic E-state index is 13.4. The Morgan fingerprint density at radius 2 is 1.73 bits per heavy atom. The van der Waals surface area contributed by atoms with E-state index in [1.807, 2.05) is 0 Å². The zero-order valence-electron chi connectivity index (χ0n) is 23.0. The molecule has 2 saturated heterocycles. The molecule has 2 aromatic rings. The van der Waals surface area contributed by atoms with Crippen LogP contribution in [0.25, 0.3) is 0 Å². The topological polar surface area (TPSA) is 162 Å². The standard InChI is InChI=1S/C23H27F6N7O6S2/c1-13(2)18-19(37)30-5-6-33(18)11-15-12-34(44(41,42)17-4-3-16(43-17)36(39)40)7-8-35(15)20-31-9-14(10-32-20)21(38,22(24,25)26)23(27,28)29/h3-4,9-10,13,15,18,38H,5-8,11-12H2,1-2H3,(H,30,37)/t15-,18?/m0/s1. The Morgan fingerprint density at radius 3 is 2.25 bits per heavy atom. The predicted molar refractivity (Wildman–Crippen MR) is 142 cm³/mol. The van der Waals surface area contributed by atoms with Gasteiger partial charge in [-0.25, -0.2) is 18.4 Å². The van der Waals surface area contributed by atoms with Gasteiger partial charge in [-0.2, -0.15) is 30.6 Å². The van der Waals surface area contributed by atoms with Crippen LogP contribution >= 0.6 is 11.3 Å². The largest absolute Gasteiger partial charge is 0.430 e. The van der Waals surface area contributed by atoms with Gasteiger partial charge in [0.2, 0.25) is 11.9 Å². The lowest BCUT2D eigenvalue weighted by Crippen LogP contribution is -2.64. The number of nitro groups is 1. The van der Waals surface area contributed by atoms with Gasteiger partial charge in [0, 0.05) is 63.3 Å². The number of hydrogen-bond acceptors (Lipinski definition) is 11. The van der Waals surface area contributed by atoms with Crippen molar-refractivity contribution in [3.63, 3.8) is 0 Å². The molecule has 21 heteroatoms. The van der Waals surface area contributed by atoms with E-state index < -0.39 is 55.5 Å². The Bertz CT molecular complexity index is 1470. The van der Waals surface area contributed by atoms with E-state index in [9.17, 15) is 54.8 Å². The number of hydrogen-bond donors (Lipinski definition) is 2. The highest BCUT2D eigenvalue weighted by atomic mass is 32.2. The normalized spacial score (nSPS) is 21.5. The molecular formula is C23H27F6N7O6S2. The van der Waals surface area contributed by atoms with Gasteiger partial charge in [-0.3, -0.25) is 19.8 Å². The van der Waals surface area contributed by atoms with E-state index in [1.165, 1.54) is 4.90 Å². The first-order valence-electron chi connectivity index (χ1n) is 13.0. The van der Waals surface area contributed by atoms with Gasteiger partial charge in [-0.15, -0.1) is 0 Å². The third-order valence-electron chi connectivity index (χ3n) is 7.36. The van der Waals surface area contributed by atoms with Crippen molar-refractivity contribution in [2.45, 2.75) is 48.1 Å². The van der Waals surface area contributed by atoms with Crippen molar-refractivity contribution in [1.82, 2.24) is 24.5 Å². The Kier molecular flexibility index (Phi) is 9.19. The molecule has 0 radical (unpaired) electrons. The zero-order valence-corrected chi connectivity index (χ0v) is 24.7. The average molecular weight is 676 g/mol. The Morgan fingerprint density at radius 1 is 1.11 bits per heavy atom. The molecule has 0 spiro atoms. The average Bonchev–Trinajstić information content (AvgIpc) is 3.43. The molecule has 0 aromatic carbocycles. The first-order chi connectivity index (χ1) is 20.3. The van der Waals surface area contributed by atoms with E-state index in [0.717, 1.165) is 16.4 Å². The van der Waals surface area contributed by atoms with Crippen LogP contribution in [-0.2, 0) is 20.4 Å². The lowest BCUT2D eigenvalue weighted by atomic mass is 9.95. The van der Waals surface area contributed by atoms with Crippen LogP contribution in [0.5, 0.6) is 0 Å².